The number of halogens is 2. The molecule has 3 aromatic rings. The molecule has 2 aromatic heterocycles. The minimum atomic E-state index is -0.634. The highest BCUT2D eigenvalue weighted by molar-refractivity contribution is 6.11. The van der Waals surface area contributed by atoms with Crippen LogP contribution in [-0.4, -0.2) is 21.2 Å². The predicted molar refractivity (Wildman–Crippen MR) is 87.4 cm³/mol. The van der Waals surface area contributed by atoms with Crippen LogP contribution in [-0.2, 0) is 7.05 Å². The van der Waals surface area contributed by atoms with Crippen LogP contribution in [0.1, 0.15) is 26.4 Å². The maximum atomic E-state index is 13.8. The summed E-state index contributed by atoms with van der Waals surface area (Å²) in [6.07, 6.45) is 3.76. The maximum absolute atomic E-state index is 13.8. The third-order valence-electron chi connectivity index (χ3n) is 3.58. The molecule has 5 nitrogen and oxygen atoms in total. The number of carbonyl (C=O) groups is 2. The quantitative estimate of drug-likeness (QED) is 0.741. The fourth-order valence-electron chi connectivity index (χ4n) is 2.38. The molecule has 0 saturated heterocycles. The largest absolute Gasteiger partial charge is 0.347 e. The van der Waals surface area contributed by atoms with Crippen molar-refractivity contribution >= 4 is 17.4 Å². The van der Waals surface area contributed by atoms with E-state index in [1.807, 2.05) is 0 Å². The van der Waals surface area contributed by atoms with Crippen LogP contribution < -0.4 is 5.32 Å². The number of nitrogens with zero attached hydrogens (tertiary/aromatic N) is 2. The summed E-state index contributed by atoms with van der Waals surface area (Å²) in [7, 11) is 1.58. The van der Waals surface area contributed by atoms with Gasteiger partial charge in [0.15, 0.2) is 0 Å². The summed E-state index contributed by atoms with van der Waals surface area (Å²) in [5, 5.41) is 2.49. The lowest BCUT2D eigenvalue weighted by molar-refractivity contribution is 0.102. The Kier molecular flexibility index (Phi) is 4.38. The Balaban J connectivity index is 1.86. The van der Waals surface area contributed by atoms with Crippen molar-refractivity contribution in [3.05, 3.63) is 83.4 Å². The fourth-order valence-corrected chi connectivity index (χ4v) is 2.38. The molecule has 0 saturated carbocycles. The number of pyridine rings is 1. The number of anilines is 1. The van der Waals surface area contributed by atoms with Gasteiger partial charge in [-0.05, 0) is 18.2 Å². The van der Waals surface area contributed by atoms with Gasteiger partial charge in [0.05, 0.1) is 34.9 Å². The van der Waals surface area contributed by atoms with E-state index in [-0.39, 0.29) is 22.5 Å². The van der Waals surface area contributed by atoms with E-state index in [1.54, 1.807) is 13.1 Å². The number of ketones is 1. The molecule has 1 N–H and O–H groups in total. The van der Waals surface area contributed by atoms with E-state index in [2.05, 4.69) is 10.3 Å². The zero-order valence-electron chi connectivity index (χ0n) is 13.2. The highest BCUT2D eigenvalue weighted by Gasteiger charge is 2.19. The Morgan fingerprint density at radius 2 is 1.88 bits per heavy atom. The number of nitrogens with one attached hydrogen (secondary N) is 1. The van der Waals surface area contributed by atoms with Crippen LogP contribution in [0.2, 0.25) is 0 Å². The Morgan fingerprint density at radius 3 is 2.60 bits per heavy atom. The lowest BCUT2D eigenvalue weighted by atomic mass is 10.1. The molecule has 0 atom stereocenters. The Hall–Kier alpha value is -3.35. The summed E-state index contributed by atoms with van der Waals surface area (Å²) in [6.45, 7) is 0. The van der Waals surface area contributed by atoms with E-state index in [4.69, 9.17) is 0 Å². The SMILES string of the molecule is Cn1cc(C(=O)Nc2cncc(F)c2)cc1C(=O)c1ccccc1F. The second kappa shape index (κ2) is 6.64. The highest BCUT2D eigenvalue weighted by atomic mass is 19.1. The topological polar surface area (TPSA) is 64.0 Å². The molecule has 0 fully saturated rings. The van der Waals surface area contributed by atoms with Crippen molar-refractivity contribution in [1.82, 2.24) is 9.55 Å². The maximum Gasteiger partial charge on any atom is 0.257 e. The molecule has 0 radical (unpaired) electrons. The van der Waals surface area contributed by atoms with Crippen molar-refractivity contribution in [3.8, 4) is 0 Å². The number of benzene rings is 1. The molecule has 0 spiro atoms. The average Bonchev–Trinajstić information content (AvgIpc) is 2.97. The van der Waals surface area contributed by atoms with Crippen LogP contribution in [0, 0.1) is 11.6 Å². The zero-order chi connectivity index (χ0) is 18.0. The fraction of sp³-hybridized carbons (Fsp3) is 0.0556. The second-order valence-electron chi connectivity index (χ2n) is 5.38. The van der Waals surface area contributed by atoms with Gasteiger partial charge in [0.2, 0.25) is 5.78 Å². The van der Waals surface area contributed by atoms with Crippen molar-refractivity contribution in [3.63, 3.8) is 0 Å². The van der Waals surface area contributed by atoms with Crippen molar-refractivity contribution in [2.24, 2.45) is 7.05 Å². The normalized spacial score (nSPS) is 10.5. The molecule has 25 heavy (non-hydrogen) atoms. The number of hydrogen-bond donors (Lipinski definition) is 1. The van der Waals surface area contributed by atoms with Gasteiger partial charge in [-0.3, -0.25) is 14.6 Å². The van der Waals surface area contributed by atoms with Gasteiger partial charge in [0.25, 0.3) is 5.91 Å². The average molecular weight is 341 g/mol. The molecule has 7 heteroatoms. The number of aromatic nitrogens is 2. The lowest BCUT2D eigenvalue weighted by Crippen LogP contribution is -2.11. The van der Waals surface area contributed by atoms with Crippen molar-refractivity contribution in [1.29, 1.82) is 0 Å². The molecule has 0 aliphatic rings. The number of hydrogen-bond acceptors (Lipinski definition) is 3. The first-order valence-electron chi connectivity index (χ1n) is 7.33. The monoisotopic (exact) mass is 341 g/mol. The molecule has 0 bridgehead atoms. The van der Waals surface area contributed by atoms with Gasteiger partial charge in [-0.15, -0.1) is 0 Å². The van der Waals surface area contributed by atoms with Crippen LogP contribution in [0.5, 0.6) is 0 Å². The predicted octanol–water partition coefficient (Wildman–Crippen LogP) is 3.18. The van der Waals surface area contributed by atoms with Gasteiger partial charge in [0.1, 0.15) is 11.6 Å². The van der Waals surface area contributed by atoms with Gasteiger partial charge in [-0.2, -0.15) is 0 Å². The third kappa shape index (κ3) is 3.45. The van der Waals surface area contributed by atoms with E-state index in [0.29, 0.717) is 0 Å². The molecular formula is C18H13F2N3O2. The summed E-state index contributed by atoms with van der Waals surface area (Å²) in [6, 6.07) is 8.10. The standard InChI is InChI=1S/C18H13F2N3O2/c1-23-10-11(18(25)22-13-7-12(19)8-21-9-13)6-16(23)17(24)14-4-2-3-5-15(14)20/h2-10H,1H3,(H,22,25). The van der Waals surface area contributed by atoms with Gasteiger partial charge in [-0.25, -0.2) is 8.78 Å². The van der Waals surface area contributed by atoms with Crippen molar-refractivity contribution in [2.45, 2.75) is 0 Å². The first kappa shape index (κ1) is 16.5. The molecule has 0 aliphatic carbocycles. The molecule has 3 rings (SSSR count). The van der Waals surface area contributed by atoms with E-state index >= 15 is 0 Å². The Morgan fingerprint density at radius 1 is 1.12 bits per heavy atom. The highest BCUT2D eigenvalue weighted by Crippen LogP contribution is 2.17. The third-order valence-corrected chi connectivity index (χ3v) is 3.58. The molecular weight excluding hydrogens is 328 g/mol. The van der Waals surface area contributed by atoms with Gasteiger partial charge in [0, 0.05) is 19.3 Å². The number of amides is 1. The molecule has 1 amide bonds. The smallest absolute Gasteiger partial charge is 0.257 e. The summed E-state index contributed by atoms with van der Waals surface area (Å²) >= 11 is 0. The van der Waals surface area contributed by atoms with Crippen molar-refractivity contribution < 1.29 is 18.4 Å². The summed E-state index contributed by atoms with van der Waals surface area (Å²) in [4.78, 5) is 28.4. The van der Waals surface area contributed by atoms with Crippen LogP contribution >= 0.6 is 0 Å². The first-order valence-corrected chi connectivity index (χ1v) is 7.33. The zero-order valence-corrected chi connectivity index (χ0v) is 13.2. The van der Waals surface area contributed by atoms with Gasteiger partial charge < -0.3 is 9.88 Å². The summed E-state index contributed by atoms with van der Waals surface area (Å²) in [5.41, 5.74) is 0.458. The lowest BCUT2D eigenvalue weighted by Gasteiger charge is -2.03. The minimum absolute atomic E-state index is 0.0787. The van der Waals surface area contributed by atoms with E-state index in [0.717, 1.165) is 12.3 Å². The molecule has 2 heterocycles. The van der Waals surface area contributed by atoms with Crippen LogP contribution in [0.3, 0.4) is 0 Å². The van der Waals surface area contributed by atoms with E-state index in [1.165, 1.54) is 41.2 Å². The van der Waals surface area contributed by atoms with Crippen LogP contribution in [0.15, 0.2) is 55.0 Å². The number of aryl methyl sites for hydroxylation is 1. The number of carbonyl (C=O) groups excluding carboxylic acids is 2. The molecule has 126 valence electrons. The minimum Gasteiger partial charge on any atom is -0.347 e. The molecule has 0 aliphatic heterocycles. The van der Waals surface area contributed by atoms with E-state index < -0.39 is 23.3 Å². The van der Waals surface area contributed by atoms with Crippen LogP contribution in [0.4, 0.5) is 14.5 Å². The first-order chi connectivity index (χ1) is 12.0. The second-order valence-corrected chi connectivity index (χ2v) is 5.38. The van der Waals surface area contributed by atoms with Gasteiger partial charge in [-0.1, -0.05) is 12.1 Å². The Bertz CT molecular complexity index is 966. The Labute approximate surface area is 141 Å². The molecule has 1 aromatic carbocycles. The van der Waals surface area contributed by atoms with Gasteiger partial charge >= 0.3 is 0 Å². The van der Waals surface area contributed by atoms with Crippen LogP contribution in [0.25, 0.3) is 0 Å². The molecule has 0 unspecified atom stereocenters. The number of rotatable bonds is 4. The van der Waals surface area contributed by atoms with E-state index in [9.17, 15) is 18.4 Å². The summed E-state index contributed by atoms with van der Waals surface area (Å²) in [5.74, 6) is -2.28. The van der Waals surface area contributed by atoms with Crippen molar-refractivity contribution in [2.75, 3.05) is 5.32 Å². The summed E-state index contributed by atoms with van der Waals surface area (Å²) < 4.78 is 28.4.